The zero-order chi connectivity index (χ0) is 44.5. The van der Waals surface area contributed by atoms with Gasteiger partial charge >= 0.3 is 0 Å². The van der Waals surface area contributed by atoms with Crippen LogP contribution in [0.1, 0.15) is 27.7 Å². The molecule has 0 radical (unpaired) electrons. The molecule has 0 bridgehead atoms. The normalized spacial score (nSPS) is 50.2. The smallest absolute Gasteiger partial charge is 0.217 e. The number of nitrogens with one attached hydrogen (secondary N) is 2. The van der Waals surface area contributed by atoms with Crippen molar-refractivity contribution in [2.75, 3.05) is 19.8 Å². The minimum absolute atomic E-state index is 0.732. The molecule has 26 nitrogen and oxygen atoms in total. The molecule has 2 amide bonds. The Balaban J connectivity index is 1.51. The lowest BCUT2D eigenvalue weighted by atomic mass is 9.93. The molecule has 5 fully saturated rings. The van der Waals surface area contributed by atoms with Gasteiger partial charge < -0.3 is 120 Å². The first-order valence-corrected chi connectivity index (χ1v) is 19.3. The lowest BCUT2D eigenvalue weighted by Gasteiger charge is -2.51. The summed E-state index contributed by atoms with van der Waals surface area (Å²) in [6, 6.07) is -3.32. The molecule has 0 spiro atoms. The van der Waals surface area contributed by atoms with Crippen LogP contribution in [0.25, 0.3) is 0 Å². The third kappa shape index (κ3) is 10.5. The highest BCUT2D eigenvalue weighted by Crippen LogP contribution is 2.35. The number of rotatable bonds is 13. The summed E-state index contributed by atoms with van der Waals surface area (Å²) in [6.07, 6.45) is -39.3. The first kappa shape index (κ1) is 49.1. The van der Waals surface area contributed by atoms with Gasteiger partial charge in [0.15, 0.2) is 31.5 Å². The standard InChI is InChI=1S/C34H58N2O24/c1-8-17(41)21(45)24(48)32(53-8)52-7-14-28(29(16(30(51)55-14)36-11(4)40)60-33-25(49)22(46)18(42)9(2)54-33)59-31-15(35-10(3)39)20(44)27(13(6-38)57-31)58-34-26(50)23(47)19(43)12(5-37)56-34/h8-9,12-34,37-38,41-51H,5-7H2,1-4H3,(H,35,39)(H,36,40)/t8-,9-,12+,13+,14+,15+,16+,17+,18+,19+,20+,21+,22+,23-,24-,25-,26-,27+,28+,29+,30+,31-,32+,33-,34+/m0/s1. The molecule has 5 aliphatic heterocycles. The van der Waals surface area contributed by atoms with Gasteiger partial charge in [-0.25, -0.2) is 0 Å². The fourth-order valence-corrected chi connectivity index (χ4v) is 7.62. The van der Waals surface area contributed by atoms with Crippen LogP contribution in [0, 0.1) is 0 Å². The second-order valence-corrected chi connectivity index (χ2v) is 15.4. The summed E-state index contributed by atoms with van der Waals surface area (Å²) >= 11 is 0. The van der Waals surface area contributed by atoms with Gasteiger partial charge in [0.1, 0.15) is 110 Å². The van der Waals surface area contributed by atoms with Crippen molar-refractivity contribution >= 4 is 11.8 Å². The largest absolute Gasteiger partial charge is 0.394 e. The second-order valence-electron chi connectivity index (χ2n) is 15.4. The molecule has 0 aromatic rings. The zero-order valence-corrected chi connectivity index (χ0v) is 32.9. The Morgan fingerprint density at radius 1 is 0.467 bits per heavy atom. The van der Waals surface area contributed by atoms with Gasteiger partial charge in [-0.3, -0.25) is 9.59 Å². The molecule has 348 valence electrons. The van der Waals surface area contributed by atoms with Crippen molar-refractivity contribution in [3.8, 4) is 0 Å². The highest BCUT2D eigenvalue weighted by atomic mass is 16.8. The second kappa shape index (κ2) is 20.7. The van der Waals surface area contributed by atoms with Crippen molar-refractivity contribution in [3.05, 3.63) is 0 Å². The van der Waals surface area contributed by atoms with Crippen molar-refractivity contribution in [2.24, 2.45) is 0 Å². The van der Waals surface area contributed by atoms with E-state index in [4.69, 9.17) is 42.6 Å². The van der Waals surface area contributed by atoms with E-state index in [0.29, 0.717) is 0 Å². The molecule has 15 N–H and O–H groups in total. The first-order chi connectivity index (χ1) is 28.2. The molecule has 0 saturated carbocycles. The van der Waals surface area contributed by atoms with E-state index in [-0.39, 0.29) is 0 Å². The molecule has 25 atom stereocenters. The third-order valence-electron chi connectivity index (χ3n) is 11.0. The van der Waals surface area contributed by atoms with E-state index in [2.05, 4.69) is 10.6 Å². The SMILES string of the molecule is CC(=O)N[C@@H]1[C@@H](O[C@@H]2O[C@@H](C)[C@@H](O)[C@@H](O)[C@@H]2O)[C@H](O[C@@H]2O[C@H](CO)[C@@H](O[C@H]3O[C@H](CO)[C@@H](O)[C@H](O)[C@@H]3O)[C@H](O)[C@H]2NC(C)=O)[C@@H](CO[C@@H]2O[C@@H](C)[C@@H](O)[C@@H](O)[C@@H]2O)O[C@H]1O. The van der Waals surface area contributed by atoms with Gasteiger partial charge in [-0.05, 0) is 13.8 Å². The Kier molecular flexibility index (Phi) is 16.9. The molecule has 0 aromatic heterocycles. The summed E-state index contributed by atoms with van der Waals surface area (Å²) in [6.45, 7) is 2.32. The summed E-state index contributed by atoms with van der Waals surface area (Å²) in [5, 5.41) is 142. The van der Waals surface area contributed by atoms with Crippen LogP contribution in [0.5, 0.6) is 0 Å². The Hall–Kier alpha value is -1.94. The van der Waals surface area contributed by atoms with Crippen LogP contribution in [0.3, 0.4) is 0 Å². The maximum absolute atomic E-state index is 12.6. The van der Waals surface area contributed by atoms with E-state index in [9.17, 15) is 76.0 Å². The van der Waals surface area contributed by atoms with Crippen molar-refractivity contribution in [3.63, 3.8) is 0 Å². The maximum atomic E-state index is 12.6. The van der Waals surface area contributed by atoms with E-state index >= 15 is 0 Å². The lowest BCUT2D eigenvalue weighted by molar-refractivity contribution is -0.377. The molecule has 0 aromatic carbocycles. The Bertz CT molecular complexity index is 1400. The maximum Gasteiger partial charge on any atom is 0.217 e. The van der Waals surface area contributed by atoms with E-state index in [1.54, 1.807) is 0 Å². The van der Waals surface area contributed by atoms with Crippen LogP contribution in [0.4, 0.5) is 0 Å². The van der Waals surface area contributed by atoms with Crippen molar-refractivity contribution in [1.29, 1.82) is 0 Å². The van der Waals surface area contributed by atoms with E-state index < -0.39 is 185 Å². The molecule has 60 heavy (non-hydrogen) atoms. The molecular weight excluding hydrogens is 820 g/mol. The molecule has 26 heteroatoms. The Morgan fingerprint density at radius 3 is 1.47 bits per heavy atom. The Morgan fingerprint density at radius 2 is 0.917 bits per heavy atom. The van der Waals surface area contributed by atoms with E-state index in [0.717, 1.165) is 13.8 Å². The zero-order valence-electron chi connectivity index (χ0n) is 32.9. The van der Waals surface area contributed by atoms with Crippen LogP contribution in [-0.4, -0.2) is 251 Å². The van der Waals surface area contributed by atoms with Crippen LogP contribution >= 0.6 is 0 Å². The predicted octanol–water partition coefficient (Wildman–Crippen LogP) is -9.58. The van der Waals surface area contributed by atoms with Crippen molar-refractivity contribution in [1.82, 2.24) is 10.6 Å². The number of amides is 2. The number of carbonyl (C=O) groups is 2. The highest BCUT2D eigenvalue weighted by Gasteiger charge is 2.56. The van der Waals surface area contributed by atoms with Gasteiger partial charge in [0.05, 0.1) is 32.0 Å². The fourth-order valence-electron chi connectivity index (χ4n) is 7.62. The summed E-state index contributed by atoms with van der Waals surface area (Å²) in [5.74, 6) is -1.55. The number of carbonyl (C=O) groups excluding carboxylic acids is 2. The van der Waals surface area contributed by atoms with Gasteiger partial charge in [0.2, 0.25) is 11.8 Å². The number of hydrogen-bond donors (Lipinski definition) is 15. The number of aliphatic hydroxyl groups excluding tert-OH is 13. The summed E-state index contributed by atoms with van der Waals surface area (Å²) in [4.78, 5) is 25.1. The number of aliphatic hydroxyl groups is 13. The molecule has 0 unspecified atom stereocenters. The van der Waals surface area contributed by atoms with Crippen LogP contribution < -0.4 is 10.6 Å². The van der Waals surface area contributed by atoms with E-state index in [1.165, 1.54) is 13.8 Å². The van der Waals surface area contributed by atoms with Gasteiger partial charge in [-0.1, -0.05) is 0 Å². The van der Waals surface area contributed by atoms with Crippen LogP contribution in [0.15, 0.2) is 0 Å². The molecule has 0 aliphatic carbocycles. The van der Waals surface area contributed by atoms with Crippen molar-refractivity contribution in [2.45, 2.75) is 181 Å². The number of hydrogen-bond acceptors (Lipinski definition) is 24. The monoisotopic (exact) mass is 878 g/mol. The molecule has 5 heterocycles. The van der Waals surface area contributed by atoms with Crippen LogP contribution in [-0.2, 0) is 52.2 Å². The molecule has 5 saturated heterocycles. The predicted molar refractivity (Wildman–Crippen MR) is 187 cm³/mol. The summed E-state index contributed by atoms with van der Waals surface area (Å²) < 4.78 is 52.3. The molecular formula is C34H58N2O24. The third-order valence-corrected chi connectivity index (χ3v) is 11.0. The quantitative estimate of drug-likeness (QED) is 0.0817. The molecule has 5 rings (SSSR count). The lowest BCUT2D eigenvalue weighted by Crippen LogP contribution is -2.71. The van der Waals surface area contributed by atoms with Gasteiger partial charge in [0, 0.05) is 13.8 Å². The van der Waals surface area contributed by atoms with Crippen LogP contribution in [0.2, 0.25) is 0 Å². The summed E-state index contributed by atoms with van der Waals surface area (Å²) in [7, 11) is 0. The number of ether oxygens (including phenoxy) is 9. The average molecular weight is 879 g/mol. The van der Waals surface area contributed by atoms with Gasteiger partial charge in [-0.2, -0.15) is 0 Å². The topological polar surface area (TPSA) is 404 Å². The highest BCUT2D eigenvalue weighted by molar-refractivity contribution is 5.73. The van der Waals surface area contributed by atoms with E-state index in [1.807, 2.05) is 0 Å². The Labute approximate surface area is 342 Å². The fraction of sp³-hybridized carbons (Fsp3) is 0.941. The minimum atomic E-state index is -1.99. The van der Waals surface area contributed by atoms with Gasteiger partial charge in [-0.15, -0.1) is 0 Å². The average Bonchev–Trinajstić information content (AvgIpc) is 3.20. The van der Waals surface area contributed by atoms with Crippen molar-refractivity contribution < 1.29 is 119 Å². The minimum Gasteiger partial charge on any atom is -0.394 e. The first-order valence-electron chi connectivity index (χ1n) is 19.3. The summed E-state index contributed by atoms with van der Waals surface area (Å²) in [5.41, 5.74) is 0. The van der Waals surface area contributed by atoms with Gasteiger partial charge in [0.25, 0.3) is 0 Å². The molecule has 5 aliphatic rings.